The summed E-state index contributed by atoms with van der Waals surface area (Å²) in [5.41, 5.74) is 1.09. The molecule has 1 aliphatic carbocycles. The molecule has 4 aromatic rings. The van der Waals surface area contributed by atoms with E-state index in [1.165, 1.54) is 46.5 Å². The van der Waals surface area contributed by atoms with Crippen molar-refractivity contribution in [1.29, 1.82) is 0 Å². The van der Waals surface area contributed by atoms with E-state index in [1.54, 1.807) is 11.3 Å². The Bertz CT molecular complexity index is 1320. The summed E-state index contributed by atoms with van der Waals surface area (Å²) >= 11 is 2.95. The number of ether oxygens (including phenoxy) is 1. The van der Waals surface area contributed by atoms with Crippen molar-refractivity contribution in [3.8, 4) is 5.75 Å². The van der Waals surface area contributed by atoms with Gasteiger partial charge in [-0.15, -0.1) is 21.5 Å². The van der Waals surface area contributed by atoms with Gasteiger partial charge in [-0.2, -0.15) is 0 Å². The van der Waals surface area contributed by atoms with E-state index >= 15 is 0 Å². The lowest BCUT2D eigenvalue weighted by Crippen LogP contribution is -2.15. The van der Waals surface area contributed by atoms with Crippen LogP contribution in [0.25, 0.3) is 10.2 Å². The fourth-order valence-corrected chi connectivity index (χ4v) is 5.93. The summed E-state index contributed by atoms with van der Waals surface area (Å²) in [7, 11) is 0. The lowest BCUT2D eigenvalue weighted by Gasteiger charge is -2.17. The zero-order valence-corrected chi connectivity index (χ0v) is 19.2. The molecule has 2 unspecified atom stereocenters. The van der Waals surface area contributed by atoms with Crippen LogP contribution in [0.2, 0.25) is 0 Å². The second-order valence-corrected chi connectivity index (χ2v) is 10.3. The number of hydrogen-bond acceptors (Lipinski definition) is 8. The average molecular weight is 473 g/mol. The van der Waals surface area contributed by atoms with Gasteiger partial charge in [-0.3, -0.25) is 4.79 Å². The van der Waals surface area contributed by atoms with Crippen molar-refractivity contribution in [2.45, 2.75) is 50.2 Å². The molecule has 3 heterocycles. The summed E-state index contributed by atoms with van der Waals surface area (Å²) in [6.07, 6.45) is 3.06. The van der Waals surface area contributed by atoms with Gasteiger partial charge >= 0.3 is 0 Å². The fourth-order valence-electron chi connectivity index (χ4n) is 3.79. The number of thiophene rings is 1. The minimum atomic E-state index is -0.329. The molecule has 0 saturated carbocycles. The number of aromatic amines is 1. The molecular formula is C22H21FN4O3S2. The highest BCUT2D eigenvalue weighted by Gasteiger charge is 2.24. The van der Waals surface area contributed by atoms with E-state index in [9.17, 15) is 9.18 Å². The molecule has 5 rings (SSSR count). The SMILES string of the molecule is CC1CCc2c(sc3nc(C(C)Sc4nnc(COc5ccc(F)cc5)o4)[nH]c(=O)c23)C1. The predicted octanol–water partition coefficient (Wildman–Crippen LogP) is 5.06. The number of fused-ring (bicyclic) bond motifs is 3. The van der Waals surface area contributed by atoms with Crippen LogP contribution in [0.4, 0.5) is 4.39 Å². The third kappa shape index (κ3) is 4.29. The van der Waals surface area contributed by atoms with Crippen LogP contribution < -0.4 is 10.3 Å². The van der Waals surface area contributed by atoms with Gasteiger partial charge in [0.15, 0.2) is 6.61 Å². The van der Waals surface area contributed by atoms with Gasteiger partial charge < -0.3 is 14.1 Å². The number of H-pyrrole nitrogens is 1. The molecule has 2 atom stereocenters. The van der Waals surface area contributed by atoms with Crippen LogP contribution in [0, 0.1) is 11.7 Å². The van der Waals surface area contributed by atoms with Crippen LogP contribution in [0.3, 0.4) is 0 Å². The fraction of sp³-hybridized carbons (Fsp3) is 0.364. The first-order valence-electron chi connectivity index (χ1n) is 10.4. The molecule has 10 heteroatoms. The van der Waals surface area contributed by atoms with E-state index in [0.29, 0.717) is 28.6 Å². The molecule has 0 radical (unpaired) electrons. The van der Waals surface area contributed by atoms with E-state index in [0.717, 1.165) is 29.5 Å². The number of aromatic nitrogens is 4. The molecule has 166 valence electrons. The Hall–Kier alpha value is -2.72. The molecule has 32 heavy (non-hydrogen) atoms. The molecular weight excluding hydrogens is 451 g/mol. The van der Waals surface area contributed by atoms with Crippen LogP contribution in [-0.4, -0.2) is 20.2 Å². The minimum absolute atomic E-state index is 0.0772. The van der Waals surface area contributed by atoms with Crippen LogP contribution in [0.15, 0.2) is 38.7 Å². The Morgan fingerprint density at radius 3 is 2.97 bits per heavy atom. The largest absolute Gasteiger partial charge is 0.484 e. The average Bonchev–Trinajstić information content (AvgIpc) is 3.36. The molecule has 0 spiro atoms. The van der Waals surface area contributed by atoms with Gasteiger partial charge in [-0.05, 0) is 61.9 Å². The highest BCUT2D eigenvalue weighted by molar-refractivity contribution is 7.99. The standard InChI is InChI=1S/C22H21FN4O3S2/c1-11-3-8-15-16(9-11)32-21-18(15)20(28)24-19(25-21)12(2)31-22-27-26-17(30-22)10-29-14-6-4-13(23)5-7-14/h4-7,11-12H,3,8-10H2,1-2H3,(H,24,25,28). The second kappa shape index (κ2) is 8.67. The van der Waals surface area contributed by atoms with Gasteiger partial charge in [-0.1, -0.05) is 18.7 Å². The van der Waals surface area contributed by atoms with E-state index < -0.39 is 0 Å². The zero-order valence-electron chi connectivity index (χ0n) is 17.6. The van der Waals surface area contributed by atoms with Crippen molar-refractivity contribution < 1.29 is 13.5 Å². The van der Waals surface area contributed by atoms with E-state index in [-0.39, 0.29) is 23.2 Å². The van der Waals surface area contributed by atoms with Gasteiger partial charge in [0.25, 0.3) is 16.7 Å². The van der Waals surface area contributed by atoms with Crippen LogP contribution in [0.1, 0.15) is 47.7 Å². The molecule has 7 nitrogen and oxygen atoms in total. The van der Waals surface area contributed by atoms with Crippen LogP contribution in [0.5, 0.6) is 5.75 Å². The third-order valence-electron chi connectivity index (χ3n) is 5.47. The summed E-state index contributed by atoms with van der Waals surface area (Å²) < 4.78 is 24.1. The maximum Gasteiger partial charge on any atom is 0.277 e. The lowest BCUT2D eigenvalue weighted by molar-refractivity contribution is 0.252. The molecule has 0 saturated heterocycles. The number of rotatable bonds is 6. The van der Waals surface area contributed by atoms with Gasteiger partial charge in [0.1, 0.15) is 22.2 Å². The Morgan fingerprint density at radius 1 is 1.34 bits per heavy atom. The van der Waals surface area contributed by atoms with Gasteiger partial charge in [0.05, 0.1) is 10.6 Å². The van der Waals surface area contributed by atoms with Crippen molar-refractivity contribution in [2.24, 2.45) is 5.92 Å². The number of nitrogens with zero attached hydrogens (tertiary/aromatic N) is 3. The molecule has 1 N–H and O–H groups in total. The molecule has 0 bridgehead atoms. The molecule has 0 aliphatic heterocycles. The number of thioether (sulfide) groups is 1. The van der Waals surface area contributed by atoms with Crippen molar-refractivity contribution in [3.05, 3.63) is 62.6 Å². The molecule has 1 aromatic carbocycles. The maximum atomic E-state index is 13.0. The Morgan fingerprint density at radius 2 is 2.16 bits per heavy atom. The molecule has 1 aliphatic rings. The van der Waals surface area contributed by atoms with E-state index in [1.807, 2.05) is 6.92 Å². The molecule has 0 amide bonds. The van der Waals surface area contributed by atoms with Gasteiger partial charge in [0.2, 0.25) is 0 Å². The highest BCUT2D eigenvalue weighted by atomic mass is 32.2. The number of benzene rings is 1. The Balaban J connectivity index is 1.29. The zero-order chi connectivity index (χ0) is 22.2. The second-order valence-electron chi connectivity index (χ2n) is 7.95. The first-order valence-corrected chi connectivity index (χ1v) is 12.1. The Kier molecular flexibility index (Phi) is 5.73. The van der Waals surface area contributed by atoms with Crippen molar-refractivity contribution in [2.75, 3.05) is 0 Å². The minimum Gasteiger partial charge on any atom is -0.484 e. The Labute approximate surface area is 191 Å². The number of hydrogen-bond donors (Lipinski definition) is 1. The smallest absolute Gasteiger partial charge is 0.277 e. The van der Waals surface area contributed by atoms with Gasteiger partial charge in [-0.25, -0.2) is 9.37 Å². The van der Waals surface area contributed by atoms with E-state index in [2.05, 4.69) is 22.1 Å². The summed E-state index contributed by atoms with van der Waals surface area (Å²) in [5.74, 6) is 1.71. The van der Waals surface area contributed by atoms with Crippen molar-refractivity contribution in [3.63, 3.8) is 0 Å². The molecule has 0 fully saturated rings. The quantitative estimate of drug-likeness (QED) is 0.392. The van der Waals surface area contributed by atoms with Crippen LogP contribution in [-0.2, 0) is 19.4 Å². The van der Waals surface area contributed by atoms with Crippen molar-refractivity contribution in [1.82, 2.24) is 20.2 Å². The van der Waals surface area contributed by atoms with E-state index in [4.69, 9.17) is 14.1 Å². The predicted molar refractivity (Wildman–Crippen MR) is 121 cm³/mol. The number of halogens is 1. The third-order valence-corrected chi connectivity index (χ3v) is 7.56. The summed E-state index contributed by atoms with van der Waals surface area (Å²) in [6, 6.07) is 5.71. The lowest BCUT2D eigenvalue weighted by atomic mass is 9.89. The van der Waals surface area contributed by atoms with Crippen molar-refractivity contribution >= 4 is 33.3 Å². The first-order chi connectivity index (χ1) is 15.5. The highest BCUT2D eigenvalue weighted by Crippen LogP contribution is 2.37. The first kappa shape index (κ1) is 21.1. The topological polar surface area (TPSA) is 93.9 Å². The monoisotopic (exact) mass is 472 g/mol. The van der Waals surface area contributed by atoms with Gasteiger partial charge in [0, 0.05) is 4.88 Å². The summed E-state index contributed by atoms with van der Waals surface area (Å²) in [4.78, 5) is 22.6. The summed E-state index contributed by atoms with van der Waals surface area (Å²) in [5, 5.41) is 8.95. The number of aryl methyl sites for hydroxylation is 1. The molecule has 3 aromatic heterocycles. The van der Waals surface area contributed by atoms with Crippen LogP contribution >= 0.6 is 23.1 Å². The maximum absolute atomic E-state index is 13.0. The normalized spacial score (nSPS) is 16.8. The number of nitrogens with one attached hydrogen (secondary N) is 1. The summed E-state index contributed by atoms with van der Waals surface area (Å²) in [6.45, 7) is 4.26.